The van der Waals surface area contributed by atoms with Crippen LogP contribution in [0, 0.1) is 17.0 Å². The zero-order chi connectivity index (χ0) is 26.2. The topological polar surface area (TPSA) is 149 Å². The molecule has 3 aromatic carbocycles. The largest absolute Gasteiger partial charge is 0.493 e. The Morgan fingerprint density at radius 1 is 1.00 bits per heavy atom. The number of rotatable bonds is 7. The van der Waals surface area contributed by atoms with Crippen LogP contribution in [0.15, 0.2) is 65.8 Å². The predicted molar refractivity (Wildman–Crippen MR) is 132 cm³/mol. The van der Waals surface area contributed by atoms with E-state index in [2.05, 4.69) is 15.8 Å². The highest BCUT2D eigenvalue weighted by Gasteiger charge is 2.15. The highest BCUT2D eigenvalue weighted by Crippen LogP contribution is 2.28. The number of nitrogens with zero attached hydrogens (tertiary/aromatic N) is 2. The molecule has 184 valence electrons. The number of ether oxygens (including phenoxy) is 2. The minimum absolute atomic E-state index is 0.0955. The van der Waals surface area contributed by atoms with Crippen LogP contribution >= 0.6 is 11.6 Å². The molecule has 0 bridgehead atoms. The van der Waals surface area contributed by atoms with E-state index < -0.39 is 22.7 Å². The number of nitrogens with one attached hydrogen (secondary N) is 2. The van der Waals surface area contributed by atoms with Crippen molar-refractivity contribution in [1.82, 2.24) is 5.43 Å². The number of amides is 2. The highest BCUT2D eigenvalue weighted by molar-refractivity contribution is 6.39. The van der Waals surface area contributed by atoms with Crippen LogP contribution in [0.4, 0.5) is 11.4 Å². The van der Waals surface area contributed by atoms with Crippen LogP contribution < -0.4 is 20.2 Å². The van der Waals surface area contributed by atoms with E-state index >= 15 is 0 Å². The molecule has 0 atom stereocenters. The van der Waals surface area contributed by atoms with E-state index in [1.54, 1.807) is 19.1 Å². The second kappa shape index (κ2) is 11.6. The lowest BCUT2D eigenvalue weighted by Crippen LogP contribution is -2.32. The molecule has 2 N–H and O–H groups in total. The van der Waals surface area contributed by atoms with Crippen LogP contribution in [0.3, 0.4) is 0 Å². The van der Waals surface area contributed by atoms with E-state index in [1.807, 2.05) is 0 Å². The lowest BCUT2D eigenvalue weighted by atomic mass is 10.2. The van der Waals surface area contributed by atoms with Crippen molar-refractivity contribution < 1.29 is 28.8 Å². The van der Waals surface area contributed by atoms with Crippen molar-refractivity contribution >= 4 is 47.0 Å². The predicted octanol–water partition coefficient (Wildman–Crippen LogP) is 3.87. The number of non-ortho nitro benzene ring substituents is 1. The Bertz CT molecular complexity index is 1360. The molecule has 11 nitrogen and oxygen atoms in total. The number of carbonyl (C=O) groups excluding carboxylic acids is 3. The first-order valence-corrected chi connectivity index (χ1v) is 10.6. The molecule has 0 heterocycles. The van der Waals surface area contributed by atoms with E-state index in [-0.39, 0.29) is 22.7 Å². The Balaban J connectivity index is 1.60. The van der Waals surface area contributed by atoms with Crippen molar-refractivity contribution in [2.45, 2.75) is 6.92 Å². The fourth-order valence-corrected chi connectivity index (χ4v) is 2.98. The van der Waals surface area contributed by atoms with Gasteiger partial charge in [0, 0.05) is 22.8 Å². The summed E-state index contributed by atoms with van der Waals surface area (Å²) in [6, 6.07) is 14.2. The maximum Gasteiger partial charge on any atom is 0.343 e. The molecular formula is C24H19ClN4O7. The number of esters is 1. The number of benzene rings is 3. The van der Waals surface area contributed by atoms with Crippen LogP contribution in [-0.2, 0) is 9.59 Å². The van der Waals surface area contributed by atoms with Gasteiger partial charge in [-0.05, 0) is 60.5 Å². The SMILES string of the molecule is COc1cc(C=NNC(=O)C(=O)Nc2ccc(C)c(Cl)c2)ccc1OC(=O)c1ccc([N+](=O)[O-])cc1. The number of anilines is 1. The minimum atomic E-state index is -0.997. The molecule has 0 aliphatic rings. The standard InChI is InChI=1S/C24H19ClN4O7/c1-14-3-7-17(12-19(14)25)27-22(30)23(31)28-26-13-15-4-10-20(21(11-15)35-2)36-24(32)16-5-8-18(9-6-16)29(33)34/h3-13H,1-2H3,(H,27,30)(H,28,31). The third-order valence-electron chi connectivity index (χ3n) is 4.72. The number of methoxy groups -OCH3 is 1. The minimum Gasteiger partial charge on any atom is -0.493 e. The monoisotopic (exact) mass is 510 g/mol. The maximum atomic E-state index is 12.4. The lowest BCUT2D eigenvalue weighted by molar-refractivity contribution is -0.384. The Kier molecular flexibility index (Phi) is 8.31. The summed E-state index contributed by atoms with van der Waals surface area (Å²) in [5, 5.41) is 17.3. The maximum absolute atomic E-state index is 12.4. The molecular weight excluding hydrogens is 492 g/mol. The average Bonchev–Trinajstić information content (AvgIpc) is 2.86. The molecule has 0 saturated heterocycles. The molecule has 0 spiro atoms. The normalized spacial score (nSPS) is 10.5. The van der Waals surface area contributed by atoms with Crippen molar-refractivity contribution in [3.05, 3.63) is 92.5 Å². The van der Waals surface area contributed by atoms with Gasteiger partial charge in [-0.15, -0.1) is 0 Å². The molecule has 0 aliphatic heterocycles. The van der Waals surface area contributed by atoms with Gasteiger partial charge in [-0.3, -0.25) is 19.7 Å². The van der Waals surface area contributed by atoms with Gasteiger partial charge in [0.25, 0.3) is 5.69 Å². The van der Waals surface area contributed by atoms with Crippen molar-refractivity contribution in [3.63, 3.8) is 0 Å². The van der Waals surface area contributed by atoms with Crippen LogP contribution in [0.1, 0.15) is 21.5 Å². The van der Waals surface area contributed by atoms with E-state index in [0.29, 0.717) is 16.3 Å². The number of nitro benzene ring substituents is 1. The highest BCUT2D eigenvalue weighted by atomic mass is 35.5. The van der Waals surface area contributed by atoms with Crippen LogP contribution in [0.25, 0.3) is 0 Å². The van der Waals surface area contributed by atoms with E-state index in [9.17, 15) is 24.5 Å². The third kappa shape index (κ3) is 6.64. The molecule has 0 radical (unpaired) electrons. The van der Waals surface area contributed by atoms with Gasteiger partial charge in [-0.25, -0.2) is 10.2 Å². The first-order chi connectivity index (χ1) is 17.2. The Morgan fingerprint density at radius 2 is 1.72 bits per heavy atom. The lowest BCUT2D eigenvalue weighted by Gasteiger charge is -2.10. The van der Waals surface area contributed by atoms with Gasteiger partial charge in [-0.2, -0.15) is 5.10 Å². The summed E-state index contributed by atoms with van der Waals surface area (Å²) < 4.78 is 10.5. The smallest absolute Gasteiger partial charge is 0.343 e. The summed E-state index contributed by atoms with van der Waals surface area (Å²) >= 11 is 6.00. The molecule has 36 heavy (non-hydrogen) atoms. The van der Waals surface area contributed by atoms with E-state index in [4.69, 9.17) is 21.1 Å². The fraction of sp³-hybridized carbons (Fsp3) is 0.0833. The van der Waals surface area contributed by atoms with E-state index in [1.165, 1.54) is 61.9 Å². The van der Waals surface area contributed by atoms with Gasteiger partial charge in [0.15, 0.2) is 11.5 Å². The van der Waals surface area contributed by atoms with Gasteiger partial charge in [-0.1, -0.05) is 17.7 Å². The summed E-state index contributed by atoms with van der Waals surface area (Å²) in [6.45, 7) is 1.81. The van der Waals surface area contributed by atoms with Crippen molar-refractivity contribution in [1.29, 1.82) is 0 Å². The van der Waals surface area contributed by atoms with Crippen molar-refractivity contribution in [2.24, 2.45) is 5.10 Å². The van der Waals surface area contributed by atoms with Gasteiger partial charge < -0.3 is 14.8 Å². The zero-order valence-electron chi connectivity index (χ0n) is 19.0. The van der Waals surface area contributed by atoms with Gasteiger partial charge in [0.05, 0.1) is 23.8 Å². The number of carbonyl (C=O) groups is 3. The summed E-state index contributed by atoms with van der Waals surface area (Å²) in [6.07, 6.45) is 1.26. The molecule has 2 amide bonds. The zero-order valence-corrected chi connectivity index (χ0v) is 19.7. The number of hydrogen-bond donors (Lipinski definition) is 2. The molecule has 0 saturated carbocycles. The molecule has 3 aromatic rings. The molecule has 0 aromatic heterocycles. The first kappa shape index (κ1) is 25.8. The van der Waals surface area contributed by atoms with Gasteiger partial charge in [0.1, 0.15) is 0 Å². The summed E-state index contributed by atoms with van der Waals surface area (Å²) in [5.74, 6) is -2.38. The van der Waals surface area contributed by atoms with Crippen LogP contribution in [-0.4, -0.2) is 36.0 Å². The fourth-order valence-electron chi connectivity index (χ4n) is 2.80. The molecule has 3 rings (SSSR count). The molecule has 0 unspecified atom stereocenters. The molecule has 0 fully saturated rings. The summed E-state index contributed by atoms with van der Waals surface area (Å²) in [5.41, 5.74) is 3.71. The van der Waals surface area contributed by atoms with Crippen molar-refractivity contribution in [2.75, 3.05) is 12.4 Å². The summed E-state index contributed by atoms with van der Waals surface area (Å²) in [4.78, 5) is 46.5. The van der Waals surface area contributed by atoms with Crippen LogP contribution in [0.5, 0.6) is 11.5 Å². The second-order valence-electron chi connectivity index (χ2n) is 7.22. The van der Waals surface area contributed by atoms with Crippen LogP contribution in [0.2, 0.25) is 5.02 Å². The molecule has 0 aliphatic carbocycles. The number of nitro groups is 1. The Labute approximate surface area is 209 Å². The number of hydrazone groups is 1. The third-order valence-corrected chi connectivity index (χ3v) is 5.13. The number of hydrogen-bond acceptors (Lipinski definition) is 8. The Hall–Kier alpha value is -4.77. The second-order valence-corrected chi connectivity index (χ2v) is 7.63. The van der Waals surface area contributed by atoms with Gasteiger partial charge in [0.2, 0.25) is 0 Å². The Morgan fingerprint density at radius 3 is 2.36 bits per heavy atom. The quantitative estimate of drug-likeness (QED) is 0.122. The average molecular weight is 511 g/mol. The number of halogens is 1. The van der Waals surface area contributed by atoms with Gasteiger partial charge >= 0.3 is 17.8 Å². The van der Waals surface area contributed by atoms with E-state index in [0.717, 1.165) is 5.56 Å². The molecule has 12 heteroatoms. The number of aryl methyl sites for hydroxylation is 1. The first-order valence-electron chi connectivity index (χ1n) is 10.2. The van der Waals surface area contributed by atoms with Crippen molar-refractivity contribution in [3.8, 4) is 11.5 Å². The summed E-state index contributed by atoms with van der Waals surface area (Å²) in [7, 11) is 1.36.